The van der Waals surface area contributed by atoms with E-state index in [9.17, 15) is 9.18 Å². The van der Waals surface area contributed by atoms with Crippen LogP contribution >= 0.6 is 11.3 Å². The van der Waals surface area contributed by atoms with Gasteiger partial charge < -0.3 is 4.74 Å². The summed E-state index contributed by atoms with van der Waals surface area (Å²) in [4.78, 5) is 12.1. The molecule has 18 heavy (non-hydrogen) atoms. The third-order valence-electron chi connectivity index (χ3n) is 2.55. The Morgan fingerprint density at radius 2 is 2.33 bits per heavy atom. The molecule has 1 heterocycles. The van der Waals surface area contributed by atoms with Gasteiger partial charge in [0.1, 0.15) is 10.7 Å². The van der Waals surface area contributed by atoms with E-state index in [1.165, 1.54) is 17.4 Å². The Hall–Kier alpha value is -1.50. The smallest absolute Gasteiger partial charge is 0.275 e. The molecule has 0 aliphatic carbocycles. The fourth-order valence-corrected chi connectivity index (χ4v) is 2.88. The Kier molecular flexibility index (Phi) is 3.90. The first-order chi connectivity index (χ1) is 8.69. The van der Waals surface area contributed by atoms with E-state index in [-0.39, 0.29) is 12.4 Å². The molecular formula is C12H13FN2O2S. The molecular weight excluding hydrogens is 255 g/mol. The van der Waals surface area contributed by atoms with Crippen LogP contribution in [0.4, 0.5) is 4.39 Å². The lowest BCUT2D eigenvalue weighted by atomic mass is 10.1. The number of nitrogen functional groups attached to an aromatic ring is 1. The van der Waals surface area contributed by atoms with Gasteiger partial charge in [-0.1, -0.05) is 6.07 Å². The highest BCUT2D eigenvalue weighted by molar-refractivity contribution is 7.21. The highest BCUT2D eigenvalue weighted by Crippen LogP contribution is 2.33. The van der Waals surface area contributed by atoms with E-state index in [1.807, 2.05) is 6.92 Å². The van der Waals surface area contributed by atoms with Gasteiger partial charge in [-0.05, 0) is 19.1 Å². The van der Waals surface area contributed by atoms with Crippen molar-refractivity contribution < 1.29 is 13.9 Å². The minimum absolute atomic E-state index is 0.195. The number of hydrogen-bond donors (Lipinski definition) is 2. The molecule has 0 radical (unpaired) electrons. The van der Waals surface area contributed by atoms with Crippen molar-refractivity contribution in [2.75, 3.05) is 6.61 Å². The largest absolute Gasteiger partial charge is 0.377 e. The van der Waals surface area contributed by atoms with Crippen molar-refractivity contribution in [2.45, 2.75) is 13.5 Å². The standard InChI is InChI=1S/C12H13FN2O2S/c1-2-17-6-7-10-8(13)4-3-5-9(10)18-11(7)12(16)15-14/h3-5H,2,6,14H2,1H3,(H,15,16). The number of fused-ring (bicyclic) bond motifs is 1. The van der Waals surface area contributed by atoms with Crippen molar-refractivity contribution in [1.29, 1.82) is 0 Å². The number of nitrogens with one attached hydrogen (secondary N) is 1. The second kappa shape index (κ2) is 5.43. The van der Waals surface area contributed by atoms with Gasteiger partial charge in [0, 0.05) is 22.3 Å². The number of benzene rings is 1. The average molecular weight is 268 g/mol. The van der Waals surface area contributed by atoms with Crippen LogP contribution in [-0.2, 0) is 11.3 Å². The second-order valence-electron chi connectivity index (χ2n) is 3.63. The van der Waals surface area contributed by atoms with E-state index in [2.05, 4.69) is 5.43 Å². The van der Waals surface area contributed by atoms with Crippen LogP contribution in [0.2, 0.25) is 0 Å². The van der Waals surface area contributed by atoms with Crippen LogP contribution in [0, 0.1) is 5.82 Å². The molecule has 0 bridgehead atoms. The average Bonchev–Trinajstić information content (AvgIpc) is 2.75. The monoisotopic (exact) mass is 268 g/mol. The number of nitrogens with two attached hydrogens (primary N) is 1. The maximum Gasteiger partial charge on any atom is 0.275 e. The van der Waals surface area contributed by atoms with Crippen molar-refractivity contribution in [3.05, 3.63) is 34.5 Å². The van der Waals surface area contributed by atoms with E-state index >= 15 is 0 Å². The van der Waals surface area contributed by atoms with Crippen LogP contribution in [0.15, 0.2) is 18.2 Å². The van der Waals surface area contributed by atoms with E-state index in [4.69, 9.17) is 10.6 Å². The third kappa shape index (κ3) is 2.22. The van der Waals surface area contributed by atoms with Gasteiger partial charge in [-0.2, -0.15) is 0 Å². The van der Waals surface area contributed by atoms with Crippen molar-refractivity contribution in [2.24, 2.45) is 5.84 Å². The molecule has 0 saturated heterocycles. The van der Waals surface area contributed by atoms with Crippen molar-refractivity contribution in [3.8, 4) is 0 Å². The predicted octanol–water partition coefficient (Wildman–Crippen LogP) is 2.18. The fraction of sp³-hybridized carbons (Fsp3) is 0.250. The quantitative estimate of drug-likeness (QED) is 0.507. The lowest BCUT2D eigenvalue weighted by molar-refractivity contribution is 0.0949. The summed E-state index contributed by atoms with van der Waals surface area (Å²) >= 11 is 1.21. The molecule has 0 saturated carbocycles. The maximum absolute atomic E-state index is 13.8. The minimum atomic E-state index is -0.426. The number of hydrogen-bond acceptors (Lipinski definition) is 4. The molecule has 0 unspecified atom stereocenters. The summed E-state index contributed by atoms with van der Waals surface area (Å²) in [5.74, 6) is 4.36. The number of rotatable bonds is 4. The molecule has 1 aromatic carbocycles. The predicted molar refractivity (Wildman–Crippen MR) is 68.8 cm³/mol. The van der Waals surface area contributed by atoms with Gasteiger partial charge >= 0.3 is 0 Å². The third-order valence-corrected chi connectivity index (χ3v) is 3.75. The summed E-state index contributed by atoms with van der Waals surface area (Å²) in [6.45, 7) is 2.53. The Morgan fingerprint density at radius 3 is 3.00 bits per heavy atom. The molecule has 1 amide bonds. The normalized spacial score (nSPS) is 10.8. The van der Waals surface area contributed by atoms with Crippen LogP contribution in [0.5, 0.6) is 0 Å². The van der Waals surface area contributed by atoms with E-state index in [0.29, 0.717) is 27.1 Å². The first-order valence-corrected chi connectivity index (χ1v) is 6.29. The highest BCUT2D eigenvalue weighted by atomic mass is 32.1. The molecule has 0 fully saturated rings. The van der Waals surface area contributed by atoms with Gasteiger partial charge in [-0.3, -0.25) is 10.2 Å². The molecule has 2 aromatic rings. The lowest BCUT2D eigenvalue weighted by Gasteiger charge is -2.04. The molecule has 0 aliphatic heterocycles. The van der Waals surface area contributed by atoms with Crippen LogP contribution in [-0.4, -0.2) is 12.5 Å². The lowest BCUT2D eigenvalue weighted by Crippen LogP contribution is -2.30. The van der Waals surface area contributed by atoms with E-state index in [1.54, 1.807) is 12.1 Å². The molecule has 2 rings (SSSR count). The molecule has 4 nitrogen and oxygen atoms in total. The number of carbonyl (C=O) groups is 1. The van der Waals surface area contributed by atoms with Crippen LogP contribution in [0.3, 0.4) is 0 Å². The topological polar surface area (TPSA) is 64.3 Å². The minimum Gasteiger partial charge on any atom is -0.377 e. The van der Waals surface area contributed by atoms with Gasteiger partial charge in [-0.15, -0.1) is 11.3 Å². The summed E-state index contributed by atoms with van der Waals surface area (Å²) in [5, 5.41) is 0.439. The zero-order chi connectivity index (χ0) is 13.1. The van der Waals surface area contributed by atoms with Gasteiger partial charge in [-0.25, -0.2) is 10.2 Å². The Labute approximate surface area is 108 Å². The van der Waals surface area contributed by atoms with Crippen molar-refractivity contribution >= 4 is 27.3 Å². The Morgan fingerprint density at radius 1 is 1.56 bits per heavy atom. The number of hydrazine groups is 1. The van der Waals surface area contributed by atoms with Gasteiger partial charge in [0.15, 0.2) is 0 Å². The molecule has 96 valence electrons. The van der Waals surface area contributed by atoms with Gasteiger partial charge in [0.2, 0.25) is 0 Å². The van der Waals surface area contributed by atoms with E-state index < -0.39 is 5.91 Å². The van der Waals surface area contributed by atoms with Crippen LogP contribution in [0.1, 0.15) is 22.2 Å². The Balaban J connectivity index is 2.62. The van der Waals surface area contributed by atoms with Gasteiger partial charge in [0.05, 0.1) is 6.61 Å². The summed E-state index contributed by atoms with van der Waals surface area (Å²) in [6.07, 6.45) is 0. The first kappa shape index (κ1) is 12.9. The number of halogens is 1. The van der Waals surface area contributed by atoms with Crippen LogP contribution < -0.4 is 11.3 Å². The second-order valence-corrected chi connectivity index (χ2v) is 4.69. The molecule has 0 spiro atoms. The van der Waals surface area contributed by atoms with Crippen LogP contribution in [0.25, 0.3) is 10.1 Å². The number of ether oxygens (including phenoxy) is 1. The molecule has 6 heteroatoms. The summed E-state index contributed by atoms with van der Waals surface area (Å²) in [7, 11) is 0. The summed E-state index contributed by atoms with van der Waals surface area (Å²) < 4.78 is 19.8. The maximum atomic E-state index is 13.8. The first-order valence-electron chi connectivity index (χ1n) is 5.47. The SMILES string of the molecule is CCOCc1c(C(=O)NN)sc2cccc(F)c12. The number of amides is 1. The number of carbonyl (C=O) groups excluding carboxylic acids is 1. The molecule has 0 atom stereocenters. The fourth-order valence-electron chi connectivity index (χ4n) is 1.76. The zero-order valence-corrected chi connectivity index (χ0v) is 10.6. The summed E-state index contributed by atoms with van der Waals surface area (Å²) in [6, 6.07) is 4.75. The van der Waals surface area contributed by atoms with Gasteiger partial charge in [0.25, 0.3) is 5.91 Å². The zero-order valence-electron chi connectivity index (χ0n) is 9.83. The summed E-state index contributed by atoms with van der Waals surface area (Å²) in [5.41, 5.74) is 2.63. The molecule has 0 aliphatic rings. The van der Waals surface area contributed by atoms with Crippen molar-refractivity contribution in [1.82, 2.24) is 5.43 Å². The van der Waals surface area contributed by atoms with Crippen molar-refractivity contribution in [3.63, 3.8) is 0 Å². The Bertz CT molecular complexity index is 583. The van der Waals surface area contributed by atoms with E-state index in [0.717, 1.165) is 0 Å². The molecule has 3 N–H and O–H groups in total. The highest BCUT2D eigenvalue weighted by Gasteiger charge is 2.19. The molecule has 1 aromatic heterocycles. The number of thiophene rings is 1.